The van der Waals surface area contributed by atoms with Crippen LogP contribution >= 0.6 is 0 Å². The minimum absolute atomic E-state index is 0.0784. The number of ether oxygens (including phenoxy) is 2. The van der Waals surface area contributed by atoms with Crippen molar-refractivity contribution >= 4 is 18.0 Å². The number of carbonyl (C=O) groups is 3. The number of carboxylic acids is 1. The topological polar surface area (TPSA) is 114 Å². The first kappa shape index (κ1) is 24.7. The van der Waals surface area contributed by atoms with Crippen LogP contribution in [0.3, 0.4) is 0 Å². The number of fused-ring (bicyclic) bond motifs is 3. The number of nitrogens with one attached hydrogen (secondary N) is 2. The van der Waals surface area contributed by atoms with Crippen molar-refractivity contribution in [3.8, 4) is 11.1 Å². The number of carboxylic acid groups (broad SMARTS) is 1. The van der Waals surface area contributed by atoms with E-state index in [1.165, 1.54) is 0 Å². The summed E-state index contributed by atoms with van der Waals surface area (Å²) in [4.78, 5) is 37.1. The van der Waals surface area contributed by atoms with Crippen LogP contribution in [0.15, 0.2) is 48.5 Å². The molecule has 1 fully saturated rings. The summed E-state index contributed by atoms with van der Waals surface area (Å²) in [6.07, 6.45) is -1.05. The van der Waals surface area contributed by atoms with E-state index in [1.54, 1.807) is 0 Å². The average molecular weight is 481 g/mol. The molecule has 186 valence electrons. The van der Waals surface area contributed by atoms with Gasteiger partial charge in [0.15, 0.2) is 6.10 Å². The summed E-state index contributed by atoms with van der Waals surface area (Å²) in [7, 11) is 0. The van der Waals surface area contributed by atoms with Crippen LogP contribution in [0.2, 0.25) is 0 Å². The molecule has 0 spiro atoms. The van der Waals surface area contributed by atoms with Gasteiger partial charge in [-0.05, 0) is 34.1 Å². The molecule has 1 heterocycles. The molecule has 2 amide bonds. The molecule has 0 radical (unpaired) electrons. The van der Waals surface area contributed by atoms with E-state index in [4.69, 9.17) is 9.47 Å². The Morgan fingerprint density at radius 3 is 2.23 bits per heavy atom. The van der Waals surface area contributed by atoms with Crippen molar-refractivity contribution in [3.63, 3.8) is 0 Å². The van der Waals surface area contributed by atoms with Gasteiger partial charge in [-0.15, -0.1) is 0 Å². The largest absolute Gasteiger partial charge is 0.479 e. The zero-order valence-electron chi connectivity index (χ0n) is 20.2. The van der Waals surface area contributed by atoms with Gasteiger partial charge >= 0.3 is 12.1 Å². The maximum Gasteiger partial charge on any atom is 0.407 e. The molecule has 3 atom stereocenters. The van der Waals surface area contributed by atoms with Crippen LogP contribution in [0.25, 0.3) is 11.1 Å². The Kier molecular flexibility index (Phi) is 7.12. The number of aliphatic carboxylic acids is 1. The SMILES string of the molecule is CC(C)(C)[C@@H](NC(=O)OCC1c2ccccc2-c2ccccc21)C(=O)NCC1CCOC1C(=O)O. The van der Waals surface area contributed by atoms with Gasteiger partial charge in [0.2, 0.25) is 5.91 Å². The van der Waals surface area contributed by atoms with E-state index in [-0.39, 0.29) is 30.9 Å². The van der Waals surface area contributed by atoms with Gasteiger partial charge in [-0.3, -0.25) is 4.79 Å². The molecule has 4 rings (SSSR count). The molecule has 0 aromatic heterocycles. The molecule has 8 nitrogen and oxygen atoms in total. The highest BCUT2D eigenvalue weighted by Crippen LogP contribution is 2.44. The Bertz CT molecular complexity index is 1060. The Hall–Kier alpha value is -3.39. The number of amides is 2. The lowest BCUT2D eigenvalue weighted by atomic mass is 9.86. The van der Waals surface area contributed by atoms with Crippen molar-refractivity contribution in [3.05, 3.63) is 59.7 Å². The van der Waals surface area contributed by atoms with Gasteiger partial charge in [-0.1, -0.05) is 69.3 Å². The third kappa shape index (κ3) is 5.32. The number of alkyl carbamates (subject to hydrolysis) is 1. The van der Waals surface area contributed by atoms with E-state index in [0.717, 1.165) is 22.3 Å². The maximum atomic E-state index is 13.0. The highest BCUT2D eigenvalue weighted by atomic mass is 16.5. The number of hydrogen-bond donors (Lipinski definition) is 3. The quantitative estimate of drug-likeness (QED) is 0.559. The lowest BCUT2D eigenvalue weighted by Gasteiger charge is -2.30. The number of hydrogen-bond acceptors (Lipinski definition) is 5. The van der Waals surface area contributed by atoms with Crippen molar-refractivity contribution in [1.29, 1.82) is 0 Å². The zero-order chi connectivity index (χ0) is 25.2. The van der Waals surface area contributed by atoms with Crippen LogP contribution < -0.4 is 10.6 Å². The van der Waals surface area contributed by atoms with Crippen LogP contribution in [0.5, 0.6) is 0 Å². The van der Waals surface area contributed by atoms with E-state index in [1.807, 2.05) is 57.2 Å². The summed E-state index contributed by atoms with van der Waals surface area (Å²) >= 11 is 0. The van der Waals surface area contributed by atoms with Gasteiger partial charge in [-0.25, -0.2) is 9.59 Å². The summed E-state index contributed by atoms with van der Waals surface area (Å²) in [5.74, 6) is -1.81. The highest BCUT2D eigenvalue weighted by molar-refractivity contribution is 5.86. The van der Waals surface area contributed by atoms with Crippen molar-refractivity contribution in [1.82, 2.24) is 10.6 Å². The van der Waals surface area contributed by atoms with E-state index in [2.05, 4.69) is 22.8 Å². The van der Waals surface area contributed by atoms with Crippen LogP contribution in [0, 0.1) is 11.3 Å². The van der Waals surface area contributed by atoms with Gasteiger partial charge in [0, 0.05) is 25.0 Å². The average Bonchev–Trinajstić information content (AvgIpc) is 3.42. The van der Waals surface area contributed by atoms with Gasteiger partial charge in [0.05, 0.1) is 0 Å². The molecule has 2 unspecified atom stereocenters. The smallest absolute Gasteiger partial charge is 0.407 e. The lowest BCUT2D eigenvalue weighted by Crippen LogP contribution is -2.54. The van der Waals surface area contributed by atoms with E-state index in [0.29, 0.717) is 13.0 Å². The van der Waals surface area contributed by atoms with E-state index >= 15 is 0 Å². The number of rotatable bonds is 7. The summed E-state index contributed by atoms with van der Waals surface area (Å²) in [5.41, 5.74) is 3.91. The molecule has 8 heteroatoms. The summed E-state index contributed by atoms with van der Waals surface area (Å²) in [5, 5.41) is 14.8. The predicted molar refractivity (Wildman–Crippen MR) is 130 cm³/mol. The minimum Gasteiger partial charge on any atom is -0.479 e. The van der Waals surface area contributed by atoms with E-state index < -0.39 is 29.6 Å². The predicted octanol–water partition coefficient (Wildman–Crippen LogP) is 3.55. The normalized spacial score (nSPS) is 20.0. The van der Waals surface area contributed by atoms with Crippen molar-refractivity contribution < 1.29 is 29.0 Å². The fourth-order valence-corrected chi connectivity index (χ4v) is 4.88. The Morgan fingerprint density at radius 2 is 1.66 bits per heavy atom. The molecule has 1 saturated heterocycles. The fraction of sp³-hybridized carbons (Fsp3) is 0.444. The minimum atomic E-state index is -1.04. The second kappa shape index (κ2) is 10.1. The molecule has 35 heavy (non-hydrogen) atoms. The summed E-state index contributed by atoms with van der Waals surface area (Å²) in [6.45, 7) is 6.20. The Morgan fingerprint density at radius 1 is 1.06 bits per heavy atom. The molecule has 2 aromatic carbocycles. The van der Waals surface area contributed by atoms with Gasteiger partial charge in [0.1, 0.15) is 12.6 Å². The van der Waals surface area contributed by atoms with Crippen LogP contribution in [-0.2, 0) is 19.1 Å². The van der Waals surface area contributed by atoms with Crippen LogP contribution in [-0.4, -0.2) is 55.0 Å². The molecule has 0 bridgehead atoms. The summed E-state index contributed by atoms with van der Waals surface area (Å²) < 4.78 is 10.9. The molecular formula is C27H32N2O6. The van der Waals surface area contributed by atoms with Gasteiger partial charge in [-0.2, -0.15) is 0 Å². The zero-order valence-corrected chi connectivity index (χ0v) is 20.2. The first-order valence-corrected chi connectivity index (χ1v) is 11.9. The molecule has 3 N–H and O–H groups in total. The number of benzene rings is 2. The molecule has 1 aliphatic heterocycles. The first-order chi connectivity index (χ1) is 16.7. The van der Waals surface area contributed by atoms with Crippen molar-refractivity contribution in [2.24, 2.45) is 11.3 Å². The summed E-state index contributed by atoms with van der Waals surface area (Å²) in [6, 6.07) is 15.3. The lowest BCUT2D eigenvalue weighted by molar-refractivity contribution is -0.149. The Balaban J connectivity index is 1.38. The third-order valence-corrected chi connectivity index (χ3v) is 6.73. The second-order valence-corrected chi connectivity index (χ2v) is 10.2. The molecule has 2 aromatic rings. The fourth-order valence-electron chi connectivity index (χ4n) is 4.88. The molecular weight excluding hydrogens is 448 g/mol. The first-order valence-electron chi connectivity index (χ1n) is 11.9. The highest BCUT2D eigenvalue weighted by Gasteiger charge is 2.37. The van der Waals surface area contributed by atoms with Gasteiger partial charge in [0.25, 0.3) is 0 Å². The van der Waals surface area contributed by atoms with Gasteiger partial charge < -0.3 is 25.2 Å². The standard InChI is InChI=1S/C27H32N2O6/c1-27(2,3)23(24(30)28-14-16-12-13-34-22(16)25(31)32)29-26(33)35-15-21-19-10-6-4-8-17(19)18-9-5-7-11-20(18)21/h4-11,16,21-23H,12-15H2,1-3H3,(H,28,30)(H,29,33)(H,31,32)/t16?,22?,23-/m0/s1. The molecule has 2 aliphatic rings. The molecule has 1 aliphatic carbocycles. The van der Waals surface area contributed by atoms with Crippen LogP contribution in [0.4, 0.5) is 4.79 Å². The number of carbonyl (C=O) groups excluding carboxylic acids is 2. The van der Waals surface area contributed by atoms with Crippen molar-refractivity contribution in [2.45, 2.75) is 45.3 Å². The monoisotopic (exact) mass is 480 g/mol. The maximum absolute atomic E-state index is 13.0. The third-order valence-electron chi connectivity index (χ3n) is 6.73. The van der Waals surface area contributed by atoms with Crippen molar-refractivity contribution in [2.75, 3.05) is 19.8 Å². The van der Waals surface area contributed by atoms with Crippen LogP contribution in [0.1, 0.15) is 44.2 Å². The van der Waals surface area contributed by atoms with E-state index in [9.17, 15) is 19.5 Å². The Labute approximate surface area is 205 Å². The second-order valence-electron chi connectivity index (χ2n) is 10.2. The molecule has 0 saturated carbocycles.